The molecule has 0 unspecified atom stereocenters. The summed E-state index contributed by atoms with van der Waals surface area (Å²) in [5, 5.41) is 3.43. The minimum absolute atomic E-state index is 0.247. The number of carbonyl (C=O) groups is 1. The van der Waals surface area contributed by atoms with Crippen molar-refractivity contribution in [2.45, 2.75) is 31.6 Å². The van der Waals surface area contributed by atoms with E-state index in [-0.39, 0.29) is 5.41 Å². The molecule has 6 heteroatoms. The number of pyridine rings is 1. The van der Waals surface area contributed by atoms with E-state index in [1.807, 2.05) is 41.0 Å². The van der Waals surface area contributed by atoms with E-state index >= 15 is 0 Å². The second-order valence-corrected chi connectivity index (χ2v) is 8.99. The highest BCUT2D eigenvalue weighted by Gasteiger charge is 2.34. The molecule has 1 N–H and O–H groups in total. The van der Waals surface area contributed by atoms with Gasteiger partial charge in [-0.1, -0.05) is 49.7 Å². The Hall–Kier alpha value is -3.93. The van der Waals surface area contributed by atoms with Crippen LogP contribution in [0.3, 0.4) is 0 Å². The lowest BCUT2D eigenvalue weighted by Gasteiger charge is -2.39. The molecule has 164 valence electrons. The highest BCUT2D eigenvalue weighted by molar-refractivity contribution is 5.98. The number of carbonyl (C=O) groups excluding carboxylic acids is 1. The van der Waals surface area contributed by atoms with Crippen molar-refractivity contribution in [3.8, 4) is 28.3 Å². The van der Waals surface area contributed by atoms with Crippen molar-refractivity contribution >= 4 is 17.5 Å². The number of benzene rings is 2. The minimum Gasteiger partial charge on any atom is -0.464 e. The maximum Gasteiger partial charge on any atom is 0.358 e. The molecule has 0 amide bonds. The average molecular weight is 437 g/mol. The van der Waals surface area contributed by atoms with Gasteiger partial charge in [-0.15, -0.1) is 0 Å². The molecule has 2 aromatic carbocycles. The first-order chi connectivity index (χ1) is 16.1. The fourth-order valence-electron chi connectivity index (χ4n) is 4.96. The lowest BCUT2D eigenvalue weighted by atomic mass is 9.66. The van der Waals surface area contributed by atoms with Gasteiger partial charge in [-0.3, -0.25) is 4.57 Å². The SMILES string of the molecule is COC(=O)c1nc2n(c1-c1ccc(C3(C)CCC3)cc1)-c1cccnc1Nc1ccccc1-2. The Labute approximate surface area is 192 Å². The van der Waals surface area contributed by atoms with Crippen LogP contribution in [0.15, 0.2) is 66.9 Å². The van der Waals surface area contributed by atoms with Gasteiger partial charge in [0.1, 0.15) is 5.82 Å². The first-order valence-electron chi connectivity index (χ1n) is 11.2. The first kappa shape index (κ1) is 19.7. The molecule has 6 rings (SSSR count). The maximum absolute atomic E-state index is 12.9. The fraction of sp³-hybridized carbons (Fsp3) is 0.222. The molecule has 6 nitrogen and oxygen atoms in total. The number of imidazole rings is 1. The van der Waals surface area contributed by atoms with E-state index in [0.717, 1.165) is 22.5 Å². The van der Waals surface area contributed by atoms with Crippen molar-refractivity contribution in [1.82, 2.24) is 14.5 Å². The summed E-state index contributed by atoms with van der Waals surface area (Å²) in [5.41, 5.74) is 6.10. The predicted octanol–water partition coefficient (Wildman–Crippen LogP) is 5.89. The molecule has 1 saturated carbocycles. The normalized spacial score (nSPS) is 15.2. The third-order valence-electron chi connectivity index (χ3n) is 7.02. The number of para-hydroxylation sites is 1. The number of rotatable bonds is 3. The van der Waals surface area contributed by atoms with Crippen molar-refractivity contribution in [3.63, 3.8) is 0 Å². The highest BCUT2D eigenvalue weighted by Crippen LogP contribution is 2.45. The molecule has 1 fully saturated rings. The van der Waals surface area contributed by atoms with Crippen LogP contribution in [0, 0.1) is 0 Å². The molecule has 0 radical (unpaired) electrons. The summed E-state index contributed by atoms with van der Waals surface area (Å²) in [4.78, 5) is 22.3. The van der Waals surface area contributed by atoms with E-state index in [1.54, 1.807) is 6.20 Å². The summed E-state index contributed by atoms with van der Waals surface area (Å²) in [7, 11) is 1.39. The Morgan fingerprint density at radius 1 is 1.06 bits per heavy atom. The van der Waals surface area contributed by atoms with Crippen molar-refractivity contribution in [2.24, 2.45) is 0 Å². The van der Waals surface area contributed by atoms with Gasteiger partial charge in [0.25, 0.3) is 0 Å². The number of anilines is 2. The third-order valence-corrected chi connectivity index (χ3v) is 7.02. The summed E-state index contributed by atoms with van der Waals surface area (Å²) in [6.45, 7) is 2.32. The Morgan fingerprint density at radius 2 is 1.85 bits per heavy atom. The molecule has 1 aliphatic carbocycles. The zero-order valence-electron chi connectivity index (χ0n) is 18.6. The molecule has 0 atom stereocenters. The minimum atomic E-state index is -0.462. The quantitative estimate of drug-likeness (QED) is 0.357. The molecule has 33 heavy (non-hydrogen) atoms. The Morgan fingerprint density at radius 3 is 2.58 bits per heavy atom. The monoisotopic (exact) mass is 436 g/mol. The Balaban J connectivity index is 1.63. The van der Waals surface area contributed by atoms with Gasteiger partial charge in [-0.2, -0.15) is 0 Å². The van der Waals surface area contributed by atoms with Crippen molar-refractivity contribution in [1.29, 1.82) is 0 Å². The number of methoxy groups -OCH3 is 1. The summed E-state index contributed by atoms with van der Waals surface area (Å²) in [6.07, 6.45) is 5.45. The molecule has 0 saturated heterocycles. The van der Waals surface area contributed by atoms with E-state index < -0.39 is 5.97 Å². The van der Waals surface area contributed by atoms with Crippen LogP contribution in [0.2, 0.25) is 0 Å². The second kappa shape index (κ2) is 7.30. The molecular weight excluding hydrogens is 412 g/mol. The number of nitrogens with zero attached hydrogens (tertiary/aromatic N) is 3. The number of fused-ring (bicyclic) bond motifs is 5. The molecule has 1 aliphatic heterocycles. The van der Waals surface area contributed by atoms with Crippen LogP contribution in [0.5, 0.6) is 0 Å². The van der Waals surface area contributed by atoms with E-state index in [2.05, 4.69) is 41.5 Å². The van der Waals surface area contributed by atoms with Gasteiger partial charge in [0.2, 0.25) is 0 Å². The van der Waals surface area contributed by atoms with Crippen LogP contribution in [-0.2, 0) is 10.2 Å². The van der Waals surface area contributed by atoms with E-state index in [1.165, 1.54) is 31.9 Å². The summed E-state index contributed by atoms with van der Waals surface area (Å²) < 4.78 is 7.16. The van der Waals surface area contributed by atoms with Gasteiger partial charge in [0, 0.05) is 17.3 Å². The topological polar surface area (TPSA) is 69.0 Å². The summed E-state index contributed by atoms with van der Waals surface area (Å²) in [6, 6.07) is 20.4. The van der Waals surface area contributed by atoms with Crippen molar-refractivity contribution < 1.29 is 9.53 Å². The molecular formula is C27H24N4O2. The van der Waals surface area contributed by atoms with Gasteiger partial charge in [0.15, 0.2) is 11.5 Å². The first-order valence-corrected chi connectivity index (χ1v) is 11.2. The predicted molar refractivity (Wildman–Crippen MR) is 128 cm³/mol. The van der Waals surface area contributed by atoms with Crippen molar-refractivity contribution in [2.75, 3.05) is 12.4 Å². The summed E-state index contributed by atoms with van der Waals surface area (Å²) in [5.74, 6) is 0.920. The number of hydrogen-bond donors (Lipinski definition) is 1. The van der Waals surface area contributed by atoms with Gasteiger partial charge < -0.3 is 10.1 Å². The molecule has 4 aromatic rings. The zero-order chi connectivity index (χ0) is 22.6. The molecule has 3 heterocycles. The van der Waals surface area contributed by atoms with Crippen molar-refractivity contribution in [3.05, 3.63) is 78.1 Å². The fourth-order valence-corrected chi connectivity index (χ4v) is 4.96. The Bertz CT molecular complexity index is 1380. The number of ether oxygens (including phenoxy) is 1. The van der Waals surface area contributed by atoms with Crippen LogP contribution >= 0.6 is 0 Å². The highest BCUT2D eigenvalue weighted by atomic mass is 16.5. The van der Waals surface area contributed by atoms with Crippen LogP contribution in [-0.4, -0.2) is 27.6 Å². The van der Waals surface area contributed by atoms with Crippen LogP contribution in [0.4, 0.5) is 11.5 Å². The maximum atomic E-state index is 12.9. The standard InChI is InChI=1S/C27H24N4O2/c1-27(14-6-15-27)18-12-10-17(11-13-18)23-22(26(32)33-2)30-25-19-7-3-4-8-20(19)29-24-21(31(23)25)9-5-16-28-24/h3-5,7-13,16H,6,14-15H2,1-2H3,(H,28,29). The number of esters is 1. The lowest BCUT2D eigenvalue weighted by Crippen LogP contribution is -2.30. The number of hydrogen-bond acceptors (Lipinski definition) is 5. The van der Waals surface area contributed by atoms with Gasteiger partial charge in [0.05, 0.1) is 24.2 Å². The average Bonchev–Trinajstić information content (AvgIpc) is 3.17. The number of aromatic nitrogens is 3. The van der Waals surface area contributed by atoms with E-state index in [0.29, 0.717) is 23.0 Å². The van der Waals surface area contributed by atoms with Gasteiger partial charge >= 0.3 is 5.97 Å². The lowest BCUT2D eigenvalue weighted by molar-refractivity contribution is 0.0595. The second-order valence-electron chi connectivity index (χ2n) is 8.99. The third kappa shape index (κ3) is 2.98. The van der Waals surface area contributed by atoms with E-state index in [4.69, 9.17) is 9.72 Å². The largest absolute Gasteiger partial charge is 0.464 e. The molecule has 2 aliphatic rings. The number of nitrogens with one attached hydrogen (secondary N) is 1. The van der Waals surface area contributed by atoms with Crippen LogP contribution in [0.25, 0.3) is 28.3 Å². The van der Waals surface area contributed by atoms with E-state index in [9.17, 15) is 4.79 Å². The zero-order valence-corrected chi connectivity index (χ0v) is 18.6. The van der Waals surface area contributed by atoms with Crippen LogP contribution in [0.1, 0.15) is 42.2 Å². The molecule has 0 spiro atoms. The molecule has 2 aromatic heterocycles. The van der Waals surface area contributed by atoms with Crippen LogP contribution < -0.4 is 5.32 Å². The van der Waals surface area contributed by atoms with Gasteiger partial charge in [-0.05, 0) is 48.1 Å². The molecule has 0 bridgehead atoms. The Kier molecular flexibility index (Phi) is 4.37. The van der Waals surface area contributed by atoms with Gasteiger partial charge in [-0.25, -0.2) is 14.8 Å². The smallest absolute Gasteiger partial charge is 0.358 e. The summed E-state index contributed by atoms with van der Waals surface area (Å²) >= 11 is 0.